The zero-order valence-corrected chi connectivity index (χ0v) is 11.6. The fraction of sp³-hybridized carbons (Fsp3) is 0.462. The summed E-state index contributed by atoms with van der Waals surface area (Å²) in [5, 5.41) is 4.45. The molecule has 0 bridgehead atoms. The fourth-order valence-electron chi connectivity index (χ4n) is 1.73. The molecule has 0 aliphatic rings. The third-order valence-electron chi connectivity index (χ3n) is 2.65. The van der Waals surface area contributed by atoms with Gasteiger partial charge in [0.1, 0.15) is 11.6 Å². The van der Waals surface area contributed by atoms with Gasteiger partial charge < -0.3 is 15.4 Å². The molecule has 1 amide bonds. The van der Waals surface area contributed by atoms with Crippen molar-refractivity contribution in [2.24, 2.45) is 0 Å². The van der Waals surface area contributed by atoms with E-state index < -0.39 is 37.0 Å². The van der Waals surface area contributed by atoms with Crippen LogP contribution >= 0.6 is 0 Å². The predicted octanol–water partition coefficient (Wildman–Crippen LogP) is 2.16. The Morgan fingerprint density at radius 3 is 2.62 bits per heavy atom. The van der Waals surface area contributed by atoms with Crippen molar-refractivity contribution in [1.29, 1.82) is 0 Å². The molecule has 0 saturated carbocycles. The van der Waals surface area contributed by atoms with Gasteiger partial charge >= 0.3 is 6.18 Å². The van der Waals surface area contributed by atoms with Crippen molar-refractivity contribution in [2.45, 2.75) is 19.1 Å². The van der Waals surface area contributed by atoms with Gasteiger partial charge in [-0.3, -0.25) is 4.79 Å². The Morgan fingerprint density at radius 2 is 2.05 bits per heavy atom. The highest BCUT2D eigenvalue weighted by Gasteiger charge is 2.26. The second-order valence-corrected chi connectivity index (χ2v) is 4.39. The summed E-state index contributed by atoms with van der Waals surface area (Å²) in [5.74, 6) is -0.743. The van der Waals surface area contributed by atoms with E-state index in [1.54, 1.807) is 6.92 Å². The summed E-state index contributed by atoms with van der Waals surface area (Å²) in [6.45, 7) is -0.154. The molecule has 0 fully saturated rings. The number of carbonyl (C=O) groups excluding carboxylic acids is 1. The third-order valence-corrected chi connectivity index (χ3v) is 2.65. The van der Waals surface area contributed by atoms with Gasteiger partial charge in [0.05, 0.1) is 26.2 Å². The van der Waals surface area contributed by atoms with Crippen LogP contribution in [-0.2, 0) is 4.79 Å². The Morgan fingerprint density at radius 1 is 1.38 bits per heavy atom. The van der Waals surface area contributed by atoms with Crippen molar-refractivity contribution in [3.05, 3.63) is 29.6 Å². The minimum Gasteiger partial charge on any atom is -0.496 e. The van der Waals surface area contributed by atoms with Crippen LogP contribution in [0.1, 0.15) is 18.5 Å². The van der Waals surface area contributed by atoms with E-state index in [9.17, 15) is 22.4 Å². The van der Waals surface area contributed by atoms with Gasteiger partial charge in [-0.1, -0.05) is 0 Å². The molecule has 1 aromatic rings. The molecule has 0 aliphatic carbocycles. The quantitative estimate of drug-likeness (QED) is 0.792. The molecule has 0 aliphatic heterocycles. The van der Waals surface area contributed by atoms with Crippen molar-refractivity contribution >= 4 is 5.91 Å². The van der Waals surface area contributed by atoms with Crippen LogP contribution in [0.25, 0.3) is 0 Å². The molecule has 0 radical (unpaired) electrons. The molecule has 0 heterocycles. The zero-order chi connectivity index (χ0) is 16.0. The summed E-state index contributed by atoms with van der Waals surface area (Å²) in [5.41, 5.74) is 0.404. The highest BCUT2D eigenvalue weighted by molar-refractivity contribution is 5.78. The maximum Gasteiger partial charge on any atom is 0.401 e. The molecule has 1 aromatic carbocycles. The van der Waals surface area contributed by atoms with Gasteiger partial charge in [0, 0.05) is 5.56 Å². The number of rotatable bonds is 6. The Kier molecular flexibility index (Phi) is 5.95. The first-order valence-corrected chi connectivity index (χ1v) is 6.13. The molecule has 1 rings (SSSR count). The first kappa shape index (κ1) is 17.2. The van der Waals surface area contributed by atoms with Gasteiger partial charge in [-0.2, -0.15) is 13.2 Å². The van der Waals surface area contributed by atoms with Crippen molar-refractivity contribution < 1.29 is 27.1 Å². The van der Waals surface area contributed by atoms with Crippen LogP contribution in [0.3, 0.4) is 0 Å². The number of nitrogens with one attached hydrogen (secondary N) is 2. The molecule has 118 valence electrons. The van der Waals surface area contributed by atoms with Gasteiger partial charge in [0.25, 0.3) is 0 Å². The van der Waals surface area contributed by atoms with E-state index >= 15 is 0 Å². The van der Waals surface area contributed by atoms with Crippen molar-refractivity contribution in [3.8, 4) is 5.75 Å². The van der Waals surface area contributed by atoms with Crippen LogP contribution < -0.4 is 15.4 Å². The van der Waals surface area contributed by atoms with Gasteiger partial charge in [-0.05, 0) is 25.1 Å². The lowest BCUT2D eigenvalue weighted by molar-refractivity contribution is -0.128. The molecule has 1 atom stereocenters. The molecule has 0 saturated heterocycles. The molecule has 21 heavy (non-hydrogen) atoms. The predicted molar refractivity (Wildman–Crippen MR) is 68.4 cm³/mol. The molecule has 0 spiro atoms. The number of amides is 1. The number of benzene rings is 1. The third kappa shape index (κ3) is 5.99. The lowest BCUT2D eigenvalue weighted by atomic mass is 10.1. The molecular formula is C13H16F4N2O2. The number of hydrogen-bond acceptors (Lipinski definition) is 3. The van der Waals surface area contributed by atoms with Gasteiger partial charge in [0.2, 0.25) is 5.91 Å². The SMILES string of the molecule is COc1ccc(F)cc1C(C)NC(=O)CNCC(F)(F)F. The summed E-state index contributed by atoms with van der Waals surface area (Å²) in [7, 11) is 1.40. The normalized spacial score (nSPS) is 12.9. The molecule has 2 N–H and O–H groups in total. The first-order chi connectivity index (χ1) is 9.73. The molecule has 1 unspecified atom stereocenters. The van der Waals surface area contributed by atoms with E-state index in [0.717, 1.165) is 0 Å². The van der Waals surface area contributed by atoms with E-state index in [1.165, 1.54) is 25.3 Å². The summed E-state index contributed by atoms with van der Waals surface area (Å²) < 4.78 is 54.0. The summed E-state index contributed by atoms with van der Waals surface area (Å²) in [6.07, 6.45) is -4.38. The summed E-state index contributed by atoms with van der Waals surface area (Å²) >= 11 is 0. The highest BCUT2D eigenvalue weighted by Crippen LogP contribution is 2.25. The topological polar surface area (TPSA) is 50.4 Å². The van der Waals surface area contributed by atoms with Gasteiger partial charge in [0.15, 0.2) is 0 Å². The van der Waals surface area contributed by atoms with E-state index in [4.69, 9.17) is 4.74 Å². The lowest BCUT2D eigenvalue weighted by Gasteiger charge is -2.17. The zero-order valence-electron chi connectivity index (χ0n) is 11.6. The Balaban J connectivity index is 2.58. The maximum atomic E-state index is 13.2. The average Bonchev–Trinajstić information content (AvgIpc) is 2.37. The molecular weight excluding hydrogens is 292 g/mol. The molecule has 0 aromatic heterocycles. The second-order valence-electron chi connectivity index (χ2n) is 4.39. The number of halogens is 4. The summed E-state index contributed by atoms with van der Waals surface area (Å²) in [6, 6.07) is 3.22. The van der Waals surface area contributed by atoms with Crippen LogP contribution in [0.4, 0.5) is 17.6 Å². The van der Waals surface area contributed by atoms with Crippen LogP contribution in [-0.4, -0.2) is 32.3 Å². The number of ether oxygens (including phenoxy) is 1. The fourth-order valence-corrected chi connectivity index (χ4v) is 1.73. The number of carbonyl (C=O) groups is 1. The minimum absolute atomic E-state index is 0.382. The Hall–Kier alpha value is -1.83. The van der Waals surface area contributed by atoms with Crippen LogP contribution in [0.5, 0.6) is 5.75 Å². The van der Waals surface area contributed by atoms with Gasteiger partial charge in [-0.15, -0.1) is 0 Å². The average molecular weight is 308 g/mol. The largest absolute Gasteiger partial charge is 0.496 e. The van der Waals surface area contributed by atoms with Gasteiger partial charge in [-0.25, -0.2) is 4.39 Å². The summed E-state index contributed by atoms with van der Waals surface area (Å²) in [4.78, 5) is 11.5. The van der Waals surface area contributed by atoms with Crippen molar-refractivity contribution in [2.75, 3.05) is 20.2 Å². The van der Waals surface area contributed by atoms with Crippen molar-refractivity contribution in [1.82, 2.24) is 10.6 Å². The highest BCUT2D eigenvalue weighted by atomic mass is 19.4. The monoisotopic (exact) mass is 308 g/mol. The smallest absolute Gasteiger partial charge is 0.401 e. The molecule has 8 heteroatoms. The van der Waals surface area contributed by atoms with E-state index in [1.807, 2.05) is 5.32 Å². The van der Waals surface area contributed by atoms with Crippen LogP contribution in [0, 0.1) is 5.82 Å². The lowest BCUT2D eigenvalue weighted by Crippen LogP contribution is -2.39. The number of hydrogen-bond donors (Lipinski definition) is 2. The first-order valence-electron chi connectivity index (χ1n) is 6.13. The van der Waals surface area contributed by atoms with E-state index in [-0.39, 0.29) is 0 Å². The van der Waals surface area contributed by atoms with E-state index in [2.05, 4.69) is 5.32 Å². The standard InChI is InChI=1S/C13H16F4N2O2/c1-8(10-5-9(14)3-4-11(10)21-2)19-12(20)6-18-7-13(15,16)17/h3-5,8,18H,6-7H2,1-2H3,(H,19,20). The van der Waals surface area contributed by atoms with E-state index in [0.29, 0.717) is 11.3 Å². The Labute approximate surface area is 119 Å². The molecule has 4 nitrogen and oxygen atoms in total. The number of alkyl halides is 3. The van der Waals surface area contributed by atoms with Crippen LogP contribution in [0.2, 0.25) is 0 Å². The van der Waals surface area contributed by atoms with Crippen molar-refractivity contribution in [3.63, 3.8) is 0 Å². The van der Waals surface area contributed by atoms with Crippen LogP contribution in [0.15, 0.2) is 18.2 Å². The maximum absolute atomic E-state index is 13.2. The minimum atomic E-state index is -4.38. The number of methoxy groups -OCH3 is 1. The Bertz CT molecular complexity index is 492. The second kappa shape index (κ2) is 7.26.